The highest BCUT2D eigenvalue weighted by Crippen LogP contribution is 2.28. The van der Waals surface area contributed by atoms with E-state index in [4.69, 9.17) is 5.26 Å². The van der Waals surface area contributed by atoms with Crippen LogP contribution in [0.15, 0.2) is 18.2 Å². The molecule has 19 heavy (non-hydrogen) atoms. The highest BCUT2D eigenvalue weighted by Gasteiger charge is 2.13. The minimum Gasteiger partial charge on any atom is -0.378 e. The predicted molar refractivity (Wildman–Crippen MR) is 74.7 cm³/mol. The van der Waals surface area contributed by atoms with Crippen LogP contribution >= 0.6 is 11.3 Å². The van der Waals surface area contributed by atoms with E-state index < -0.39 is 5.82 Å². The zero-order valence-corrected chi connectivity index (χ0v) is 11.8. The van der Waals surface area contributed by atoms with E-state index in [2.05, 4.69) is 10.3 Å². The van der Waals surface area contributed by atoms with Gasteiger partial charge in [-0.3, -0.25) is 0 Å². The van der Waals surface area contributed by atoms with E-state index in [1.807, 2.05) is 26.8 Å². The molecule has 2 aromatic rings. The molecule has 98 valence electrons. The van der Waals surface area contributed by atoms with Gasteiger partial charge in [-0.25, -0.2) is 9.37 Å². The number of hydrogen-bond acceptors (Lipinski definition) is 4. The Kier molecular flexibility index (Phi) is 3.82. The first-order valence-corrected chi connectivity index (χ1v) is 6.72. The van der Waals surface area contributed by atoms with E-state index in [0.717, 1.165) is 15.6 Å². The van der Waals surface area contributed by atoms with Gasteiger partial charge in [-0.15, -0.1) is 11.3 Å². The van der Waals surface area contributed by atoms with Crippen LogP contribution in [0.2, 0.25) is 0 Å². The zero-order valence-electron chi connectivity index (χ0n) is 11.0. The Bertz CT molecular complexity index is 643. The van der Waals surface area contributed by atoms with Crippen molar-refractivity contribution in [2.45, 2.75) is 26.8 Å². The van der Waals surface area contributed by atoms with Crippen molar-refractivity contribution in [3.8, 4) is 6.07 Å². The van der Waals surface area contributed by atoms with Gasteiger partial charge < -0.3 is 5.32 Å². The van der Waals surface area contributed by atoms with E-state index in [0.29, 0.717) is 11.3 Å². The number of nitrogens with one attached hydrogen (secondary N) is 1. The molecule has 2 rings (SSSR count). The number of nitriles is 1. The van der Waals surface area contributed by atoms with E-state index in [9.17, 15) is 4.39 Å². The van der Waals surface area contributed by atoms with Crippen molar-refractivity contribution in [2.75, 3.05) is 5.32 Å². The van der Waals surface area contributed by atoms with E-state index in [1.54, 1.807) is 17.4 Å². The van der Waals surface area contributed by atoms with Crippen LogP contribution in [0.25, 0.3) is 0 Å². The minimum atomic E-state index is -0.411. The summed E-state index contributed by atoms with van der Waals surface area (Å²) in [5.41, 5.74) is 1.90. The molecule has 1 unspecified atom stereocenters. The third-order valence-electron chi connectivity index (χ3n) is 2.74. The average Bonchev–Trinajstić information content (AvgIpc) is 2.67. The molecule has 3 nitrogen and oxygen atoms in total. The molecule has 0 aliphatic heterocycles. The number of benzene rings is 1. The number of halogens is 1. The van der Waals surface area contributed by atoms with E-state index in [-0.39, 0.29) is 6.04 Å². The summed E-state index contributed by atoms with van der Waals surface area (Å²) in [6.45, 7) is 5.92. The molecule has 1 heterocycles. The van der Waals surface area contributed by atoms with Crippen molar-refractivity contribution < 1.29 is 4.39 Å². The summed E-state index contributed by atoms with van der Waals surface area (Å²) in [7, 11) is 0. The standard InChI is InChI=1S/C14H14FN3S/c1-8-14(19-10(3)17-8)9(2)18-13-5-11(7-16)4-12(15)6-13/h4-6,9,18H,1-3H3. The molecule has 0 aliphatic carbocycles. The van der Waals surface area contributed by atoms with Crippen LogP contribution in [-0.4, -0.2) is 4.98 Å². The largest absolute Gasteiger partial charge is 0.378 e. The second kappa shape index (κ2) is 5.37. The van der Waals surface area contributed by atoms with Gasteiger partial charge in [0.25, 0.3) is 0 Å². The highest BCUT2D eigenvalue weighted by atomic mass is 32.1. The van der Waals surface area contributed by atoms with Crippen molar-refractivity contribution >= 4 is 17.0 Å². The van der Waals surface area contributed by atoms with Crippen LogP contribution in [0.4, 0.5) is 10.1 Å². The highest BCUT2D eigenvalue weighted by molar-refractivity contribution is 7.11. The van der Waals surface area contributed by atoms with E-state index in [1.165, 1.54) is 12.1 Å². The lowest BCUT2D eigenvalue weighted by Gasteiger charge is -2.14. The Labute approximate surface area is 115 Å². The fraction of sp³-hybridized carbons (Fsp3) is 0.286. The average molecular weight is 275 g/mol. The fourth-order valence-electron chi connectivity index (χ4n) is 2.00. The molecule has 0 spiro atoms. The van der Waals surface area contributed by atoms with Crippen LogP contribution in [-0.2, 0) is 0 Å². The number of aryl methyl sites for hydroxylation is 2. The Morgan fingerprint density at radius 2 is 2.11 bits per heavy atom. The Morgan fingerprint density at radius 3 is 2.68 bits per heavy atom. The molecule has 0 saturated carbocycles. The molecule has 0 aliphatic rings. The Hall–Kier alpha value is -1.93. The summed E-state index contributed by atoms with van der Waals surface area (Å²) in [5, 5.41) is 13.1. The van der Waals surface area contributed by atoms with Gasteiger partial charge in [-0.1, -0.05) is 0 Å². The maximum atomic E-state index is 13.4. The molecule has 5 heteroatoms. The molecule has 0 saturated heterocycles. The van der Waals surface area contributed by atoms with Crippen LogP contribution < -0.4 is 5.32 Å². The molecule has 1 N–H and O–H groups in total. The van der Waals surface area contributed by atoms with Crippen LogP contribution in [0.3, 0.4) is 0 Å². The molecule has 0 bridgehead atoms. The fourth-order valence-corrected chi connectivity index (χ4v) is 2.93. The lowest BCUT2D eigenvalue weighted by atomic mass is 10.2. The van der Waals surface area contributed by atoms with Gasteiger partial charge in [0.05, 0.1) is 28.4 Å². The van der Waals surface area contributed by atoms with Gasteiger partial charge in [-0.2, -0.15) is 5.26 Å². The van der Waals surface area contributed by atoms with Crippen molar-refractivity contribution in [3.05, 3.63) is 45.2 Å². The van der Waals surface area contributed by atoms with Crippen molar-refractivity contribution in [3.63, 3.8) is 0 Å². The quantitative estimate of drug-likeness (QED) is 0.922. The molecule has 1 aromatic heterocycles. The van der Waals surface area contributed by atoms with Gasteiger partial charge in [0, 0.05) is 10.6 Å². The summed E-state index contributed by atoms with van der Waals surface area (Å²) >= 11 is 1.62. The SMILES string of the molecule is Cc1nc(C)c(C(C)Nc2cc(F)cc(C#N)c2)s1. The summed E-state index contributed by atoms with van der Waals surface area (Å²) in [6, 6.07) is 6.23. The normalized spacial score (nSPS) is 11.9. The Balaban J connectivity index is 2.24. The molecule has 0 radical (unpaired) electrons. The van der Waals surface area contributed by atoms with Crippen molar-refractivity contribution in [2.24, 2.45) is 0 Å². The molecule has 1 aromatic carbocycles. The van der Waals surface area contributed by atoms with Gasteiger partial charge in [0.15, 0.2) is 0 Å². The van der Waals surface area contributed by atoms with E-state index >= 15 is 0 Å². The van der Waals surface area contributed by atoms with Gasteiger partial charge >= 0.3 is 0 Å². The molecular weight excluding hydrogens is 261 g/mol. The summed E-state index contributed by atoms with van der Waals surface area (Å²) < 4.78 is 13.4. The summed E-state index contributed by atoms with van der Waals surface area (Å²) in [6.07, 6.45) is 0. The number of rotatable bonds is 3. The second-order valence-corrected chi connectivity index (χ2v) is 5.62. The number of aromatic nitrogens is 1. The lowest BCUT2D eigenvalue weighted by Crippen LogP contribution is -2.06. The monoisotopic (exact) mass is 275 g/mol. The Morgan fingerprint density at radius 1 is 1.37 bits per heavy atom. The van der Waals surface area contributed by atoms with Crippen molar-refractivity contribution in [1.82, 2.24) is 4.98 Å². The third kappa shape index (κ3) is 3.09. The smallest absolute Gasteiger partial charge is 0.126 e. The number of thiazole rings is 1. The maximum Gasteiger partial charge on any atom is 0.126 e. The minimum absolute atomic E-state index is 0.0274. The topological polar surface area (TPSA) is 48.7 Å². The van der Waals surface area contributed by atoms with Gasteiger partial charge in [0.1, 0.15) is 5.82 Å². The first-order valence-electron chi connectivity index (χ1n) is 5.90. The predicted octanol–water partition coefficient (Wildman–Crippen LogP) is 3.94. The summed E-state index contributed by atoms with van der Waals surface area (Å²) in [4.78, 5) is 5.50. The van der Waals surface area contributed by atoms with Crippen LogP contribution in [0.5, 0.6) is 0 Å². The van der Waals surface area contributed by atoms with Crippen LogP contribution in [0, 0.1) is 31.0 Å². The second-order valence-electron chi connectivity index (χ2n) is 4.39. The molecule has 0 fully saturated rings. The van der Waals surface area contributed by atoms with Gasteiger partial charge in [-0.05, 0) is 39.0 Å². The molecule has 1 atom stereocenters. The lowest BCUT2D eigenvalue weighted by molar-refractivity contribution is 0.627. The maximum absolute atomic E-state index is 13.4. The number of anilines is 1. The van der Waals surface area contributed by atoms with Gasteiger partial charge in [0.2, 0.25) is 0 Å². The first kappa shape index (κ1) is 13.5. The zero-order chi connectivity index (χ0) is 14.0. The molecular formula is C14H14FN3S. The van der Waals surface area contributed by atoms with Crippen LogP contribution in [0.1, 0.15) is 34.1 Å². The summed E-state index contributed by atoms with van der Waals surface area (Å²) in [5.74, 6) is -0.411. The van der Waals surface area contributed by atoms with Crippen molar-refractivity contribution in [1.29, 1.82) is 5.26 Å². The number of nitrogens with zero attached hydrogens (tertiary/aromatic N) is 2. The third-order valence-corrected chi connectivity index (χ3v) is 4.00. The first-order chi connectivity index (χ1) is 8.99. The number of hydrogen-bond donors (Lipinski definition) is 1. The molecule has 0 amide bonds.